The molecular weight excluding hydrogens is 1490 g/mol. The average Bonchev–Trinajstić information content (AvgIpc) is 0.865. The van der Waals surface area contributed by atoms with Crippen LogP contribution in [0.5, 0.6) is 5.75 Å². The van der Waals surface area contributed by atoms with Crippen molar-refractivity contribution in [2.24, 2.45) is 5.90 Å². The third kappa shape index (κ3) is 86.8. The van der Waals surface area contributed by atoms with E-state index in [9.17, 15) is 8.76 Å². The molecule has 0 aromatic heterocycles. The van der Waals surface area contributed by atoms with Crippen LogP contribution in [0.1, 0.15) is 69.9 Å². The highest BCUT2D eigenvalue weighted by Crippen LogP contribution is 2.23. The van der Waals surface area contributed by atoms with Gasteiger partial charge in [0.15, 0.2) is 0 Å². The van der Waals surface area contributed by atoms with E-state index in [1.165, 1.54) is 50.5 Å². The minimum Gasteiger partial charge on any atom is -0.491 e. The highest BCUT2D eigenvalue weighted by Gasteiger charge is 2.32. The van der Waals surface area contributed by atoms with E-state index in [2.05, 4.69) is 51.6 Å². The van der Waals surface area contributed by atoms with Gasteiger partial charge in [0.1, 0.15) is 23.5 Å². The molecule has 1 radical (unpaired) electrons. The zero-order chi connectivity index (χ0) is 79.4. The third-order valence-electron chi connectivity index (χ3n) is 14.6. The second kappa shape index (κ2) is 93.1. The quantitative estimate of drug-likeness (QED) is 0.0482. The van der Waals surface area contributed by atoms with E-state index in [-0.39, 0.29) is 19.8 Å². The monoisotopic (exact) mass is 1630 g/mol. The topological polar surface area (TPSA) is 349 Å². The Balaban J connectivity index is 1.62. The summed E-state index contributed by atoms with van der Waals surface area (Å²) >= 11 is 0. The van der Waals surface area contributed by atoms with Crippen LogP contribution in [0, 0.1) is 0 Å². The molecule has 0 aliphatic carbocycles. The summed E-state index contributed by atoms with van der Waals surface area (Å²) in [6, 6.07) is 6.53. The lowest BCUT2D eigenvalue weighted by Gasteiger charge is -2.12. The number of rotatable bonds is 99. The zero-order valence-electron chi connectivity index (χ0n) is 67.5. The predicted molar refractivity (Wildman–Crippen MR) is 411 cm³/mol. The Bertz CT molecular complexity index is 2030. The van der Waals surface area contributed by atoms with E-state index in [4.69, 9.17) is 137 Å². The molecule has 1 unspecified atom stereocenters. The first-order valence-electron chi connectivity index (χ1n) is 39.8. The summed E-state index contributed by atoms with van der Waals surface area (Å²) in [5, 5.41) is 0. The summed E-state index contributed by atoms with van der Waals surface area (Å²) in [4.78, 5) is 0. The van der Waals surface area contributed by atoms with E-state index in [0.29, 0.717) is 363 Å². The van der Waals surface area contributed by atoms with Crippen LogP contribution in [0.25, 0.3) is 6.08 Å². The molecule has 35 heteroatoms. The maximum Gasteiger partial charge on any atom is 0.564 e. The van der Waals surface area contributed by atoms with Crippen LogP contribution in [0.4, 0.5) is 0 Å². The van der Waals surface area contributed by atoms with Crippen molar-refractivity contribution < 1.29 is 155 Å². The van der Waals surface area contributed by atoms with Crippen molar-refractivity contribution in [2.75, 3.05) is 383 Å². The summed E-state index contributed by atoms with van der Waals surface area (Å²) in [5.41, 5.74) is 2.48. The molecular formula is C76H145NO33S+. The molecule has 0 saturated carbocycles. The summed E-state index contributed by atoms with van der Waals surface area (Å²) in [5.74, 6) is 5.43. The SMILES string of the molecule is C/C=C/c1cc(CCCCCCCCC)ccc1OCCOCCOCCOCCOCCOCCOCCOCCOCCOCCOCCOCCOCCOCCOCCOCCOCCOCCOCCOCCOCCOCCOCCOCCOCCOCCOCCOCCOCCO[S+]([O])(=O)ON. The van der Waals surface area contributed by atoms with Crippen molar-refractivity contribution in [3.8, 4) is 5.75 Å². The maximum absolute atomic E-state index is 10.9. The van der Waals surface area contributed by atoms with Crippen molar-refractivity contribution >= 4 is 16.9 Å². The van der Waals surface area contributed by atoms with Crippen LogP contribution in [-0.2, 0) is 167 Å². The first-order chi connectivity index (χ1) is 55.0. The Morgan fingerprint density at radius 2 is 0.459 bits per heavy atom. The lowest BCUT2D eigenvalue weighted by Crippen LogP contribution is -2.22. The molecule has 1 atom stereocenters. The largest absolute Gasteiger partial charge is 0.564 e. The minimum atomic E-state index is -4.16. The summed E-state index contributed by atoms with van der Waals surface area (Å²) in [6.07, 6.45) is 14.5. The summed E-state index contributed by atoms with van der Waals surface area (Å²) < 4.78 is 190. The van der Waals surface area contributed by atoms with Gasteiger partial charge in [0.25, 0.3) is 0 Å². The Hall–Kier alpha value is -2.37. The Morgan fingerprint density at radius 3 is 0.658 bits per heavy atom. The molecule has 1 aromatic rings. The van der Waals surface area contributed by atoms with Crippen LogP contribution in [0.15, 0.2) is 24.3 Å². The van der Waals surface area contributed by atoms with Crippen LogP contribution in [-0.4, -0.2) is 383 Å². The molecule has 2 N–H and O–H groups in total. The molecule has 0 spiro atoms. The van der Waals surface area contributed by atoms with Crippen LogP contribution >= 0.6 is 0 Å². The number of benzene rings is 1. The Morgan fingerprint density at radius 1 is 0.270 bits per heavy atom. The first kappa shape index (κ1) is 107. The lowest BCUT2D eigenvalue weighted by molar-refractivity contribution is -0.0324. The van der Waals surface area contributed by atoms with Gasteiger partial charge in [-0.05, 0) is 41.7 Å². The number of aryl methyl sites for hydroxylation is 1. The molecule has 34 nitrogen and oxygen atoms in total. The fourth-order valence-corrected chi connectivity index (χ4v) is 9.28. The van der Waals surface area contributed by atoms with Crippen molar-refractivity contribution in [3.63, 3.8) is 0 Å². The van der Waals surface area contributed by atoms with Crippen molar-refractivity contribution in [1.29, 1.82) is 0 Å². The Kier molecular flexibility index (Phi) is 89.5. The molecule has 1 aromatic carbocycles. The summed E-state index contributed by atoms with van der Waals surface area (Å²) in [7, 11) is -4.16. The number of hydrogen-bond acceptors (Lipinski definition) is 33. The van der Waals surface area contributed by atoms with Crippen molar-refractivity contribution in [2.45, 2.75) is 65.2 Å². The van der Waals surface area contributed by atoms with E-state index < -0.39 is 10.8 Å². The van der Waals surface area contributed by atoms with E-state index in [1.807, 2.05) is 6.92 Å². The second-order valence-electron chi connectivity index (χ2n) is 23.6. The van der Waals surface area contributed by atoms with Crippen molar-refractivity contribution in [1.82, 2.24) is 0 Å². The van der Waals surface area contributed by atoms with Gasteiger partial charge in [-0.1, -0.05) is 63.7 Å². The molecule has 1 rings (SSSR count). The number of hydrogen-bond donors (Lipinski definition) is 1. The molecule has 0 bridgehead atoms. The van der Waals surface area contributed by atoms with E-state index >= 15 is 0 Å². The standard InChI is InChI=1S/C76H145NO33S/c1-3-5-6-7-8-9-10-12-74-13-14-76(75(73-74)11-4-2)108-71-69-106-67-65-104-63-61-102-59-57-100-55-53-98-51-49-96-47-45-94-43-41-92-39-37-90-35-33-88-31-29-86-27-25-84-23-21-82-19-17-80-15-16-81-18-20-83-22-24-85-26-28-87-30-32-89-34-36-91-38-40-93-42-44-95-46-48-97-50-52-99-54-56-101-58-60-103-62-64-105-66-68-107-70-72-109-111(78,79)110-77/h4,11,13-14,73H,3,5-10,12,15-72,77H2,1-2H3/q+1/b11-4+. The van der Waals surface area contributed by atoms with E-state index in [0.717, 1.165) is 17.7 Å². The molecule has 111 heavy (non-hydrogen) atoms. The third-order valence-corrected chi connectivity index (χ3v) is 15.3. The van der Waals surface area contributed by atoms with Gasteiger partial charge in [-0.3, -0.25) is 0 Å². The highest BCUT2D eigenvalue weighted by molar-refractivity contribution is 7.88. The molecule has 0 fully saturated rings. The average molecular weight is 1630 g/mol. The molecule has 0 heterocycles. The van der Waals surface area contributed by atoms with Gasteiger partial charge in [0, 0.05) is 9.77 Å². The predicted octanol–water partition coefficient (Wildman–Crippen LogP) is 5.44. The van der Waals surface area contributed by atoms with Gasteiger partial charge in [-0.25, -0.2) is 0 Å². The number of unbranched alkanes of at least 4 members (excludes halogenated alkanes) is 6. The second-order valence-corrected chi connectivity index (χ2v) is 24.8. The molecule has 0 aliphatic rings. The number of nitrogens with two attached hydrogens (primary N) is 1. The van der Waals surface area contributed by atoms with E-state index in [1.54, 1.807) is 0 Å². The molecule has 0 aliphatic heterocycles. The summed E-state index contributed by atoms with van der Waals surface area (Å²) in [6.45, 7) is 30.3. The van der Waals surface area contributed by atoms with Gasteiger partial charge in [-0.2, -0.15) is 5.90 Å². The number of allylic oxidation sites excluding steroid dienone is 1. The van der Waals surface area contributed by atoms with Gasteiger partial charge < -0.3 is 137 Å². The minimum absolute atomic E-state index is 0.0511. The number of ether oxygens (including phenoxy) is 29. The lowest BCUT2D eigenvalue weighted by atomic mass is 10.0. The zero-order valence-corrected chi connectivity index (χ0v) is 68.3. The fraction of sp³-hybridized carbons (Fsp3) is 0.895. The fourth-order valence-electron chi connectivity index (χ4n) is 8.95. The van der Waals surface area contributed by atoms with Crippen LogP contribution in [0.3, 0.4) is 0 Å². The van der Waals surface area contributed by atoms with Crippen molar-refractivity contribution in [3.05, 3.63) is 35.4 Å². The maximum atomic E-state index is 10.9. The molecule has 657 valence electrons. The van der Waals surface area contributed by atoms with Gasteiger partial charge in [-0.15, -0.1) is 4.18 Å². The van der Waals surface area contributed by atoms with Gasteiger partial charge in [0.2, 0.25) is 0 Å². The highest BCUT2D eigenvalue weighted by atomic mass is 32.3. The van der Waals surface area contributed by atoms with Crippen LogP contribution < -0.4 is 10.6 Å². The van der Waals surface area contributed by atoms with Gasteiger partial charge in [0.05, 0.1) is 370 Å². The van der Waals surface area contributed by atoms with Gasteiger partial charge >= 0.3 is 10.8 Å². The van der Waals surface area contributed by atoms with Crippen LogP contribution in [0.2, 0.25) is 0 Å². The molecule has 0 amide bonds. The normalized spacial score (nSPS) is 12.4. The molecule has 0 saturated heterocycles. The smallest absolute Gasteiger partial charge is 0.491 e. The first-order valence-corrected chi connectivity index (χ1v) is 41.2. The Labute approximate surface area is 664 Å².